The standard InChI is InChI=1S/C18H15N3O/c22-18(16-13-19-17-11-5-4-10-15(16)17)21-20-12-6-9-14-7-2-1-3-8-14/h1-13,19H,(H,21,22)/b9-6+,20-12-. The Hall–Kier alpha value is -3.14. The molecule has 0 spiro atoms. The zero-order valence-corrected chi connectivity index (χ0v) is 11.9. The number of hydrazone groups is 1. The Morgan fingerprint density at radius 1 is 1.05 bits per heavy atom. The van der Waals surface area contributed by atoms with Gasteiger partial charge in [-0.2, -0.15) is 5.10 Å². The van der Waals surface area contributed by atoms with E-state index in [0.29, 0.717) is 5.56 Å². The van der Waals surface area contributed by atoms with E-state index in [1.165, 1.54) is 0 Å². The average molecular weight is 289 g/mol. The van der Waals surface area contributed by atoms with Crippen molar-refractivity contribution in [3.63, 3.8) is 0 Å². The van der Waals surface area contributed by atoms with Gasteiger partial charge in [0.25, 0.3) is 5.91 Å². The monoisotopic (exact) mass is 289 g/mol. The lowest BCUT2D eigenvalue weighted by Gasteiger charge is -1.97. The number of amides is 1. The predicted octanol–water partition coefficient (Wildman–Crippen LogP) is 3.60. The van der Waals surface area contributed by atoms with Crippen molar-refractivity contribution in [3.8, 4) is 0 Å². The van der Waals surface area contributed by atoms with Crippen LogP contribution in [0.1, 0.15) is 15.9 Å². The molecule has 0 aliphatic rings. The molecule has 0 saturated carbocycles. The molecule has 0 aliphatic heterocycles. The number of nitrogens with one attached hydrogen (secondary N) is 2. The number of carbonyl (C=O) groups is 1. The Bertz CT molecular complexity index is 832. The lowest BCUT2D eigenvalue weighted by atomic mass is 10.2. The fourth-order valence-electron chi connectivity index (χ4n) is 2.18. The van der Waals surface area contributed by atoms with Crippen molar-refractivity contribution < 1.29 is 4.79 Å². The first kappa shape index (κ1) is 13.8. The molecule has 3 aromatic rings. The van der Waals surface area contributed by atoms with Crippen molar-refractivity contribution >= 4 is 29.1 Å². The van der Waals surface area contributed by atoms with Gasteiger partial charge in [-0.1, -0.05) is 54.6 Å². The van der Waals surface area contributed by atoms with Crippen molar-refractivity contribution in [2.24, 2.45) is 5.10 Å². The summed E-state index contributed by atoms with van der Waals surface area (Å²) in [4.78, 5) is 15.1. The summed E-state index contributed by atoms with van der Waals surface area (Å²) in [6.07, 6.45) is 6.95. The SMILES string of the molecule is O=C(N/N=C\C=C\c1ccccc1)c1c[nH]c2ccccc12. The molecule has 0 aliphatic carbocycles. The van der Waals surface area contributed by atoms with Gasteiger partial charge >= 0.3 is 0 Å². The van der Waals surface area contributed by atoms with Crippen LogP contribution in [0.3, 0.4) is 0 Å². The van der Waals surface area contributed by atoms with Gasteiger partial charge in [0.2, 0.25) is 0 Å². The summed E-state index contributed by atoms with van der Waals surface area (Å²) in [7, 11) is 0. The molecule has 1 heterocycles. The molecule has 1 amide bonds. The van der Waals surface area contributed by atoms with E-state index in [-0.39, 0.29) is 5.91 Å². The summed E-state index contributed by atoms with van der Waals surface area (Å²) in [5.74, 6) is -0.234. The predicted molar refractivity (Wildman–Crippen MR) is 89.7 cm³/mol. The topological polar surface area (TPSA) is 57.2 Å². The van der Waals surface area contributed by atoms with Crippen molar-refractivity contribution in [1.82, 2.24) is 10.4 Å². The number of H-pyrrole nitrogens is 1. The van der Waals surface area contributed by atoms with Crippen LogP contribution in [-0.2, 0) is 0 Å². The first-order valence-electron chi connectivity index (χ1n) is 6.96. The fraction of sp³-hybridized carbons (Fsp3) is 0. The maximum atomic E-state index is 12.1. The molecular weight excluding hydrogens is 274 g/mol. The Kier molecular flexibility index (Phi) is 4.11. The number of benzene rings is 2. The first-order chi connectivity index (χ1) is 10.8. The van der Waals surface area contributed by atoms with Crippen LogP contribution in [-0.4, -0.2) is 17.1 Å². The van der Waals surface area contributed by atoms with E-state index < -0.39 is 0 Å². The average Bonchev–Trinajstić information content (AvgIpc) is 2.99. The molecule has 0 fully saturated rings. The normalized spacial score (nSPS) is 11.5. The number of carbonyl (C=O) groups excluding carboxylic acids is 1. The molecule has 0 saturated heterocycles. The molecule has 2 aromatic carbocycles. The molecule has 0 bridgehead atoms. The van der Waals surface area contributed by atoms with Crippen LogP contribution >= 0.6 is 0 Å². The van der Waals surface area contributed by atoms with Crippen molar-refractivity contribution in [1.29, 1.82) is 0 Å². The largest absolute Gasteiger partial charge is 0.360 e. The fourth-order valence-corrected chi connectivity index (χ4v) is 2.18. The lowest BCUT2D eigenvalue weighted by Crippen LogP contribution is -2.16. The minimum atomic E-state index is -0.234. The molecule has 1 aromatic heterocycles. The summed E-state index contributed by atoms with van der Waals surface area (Å²) in [6, 6.07) is 17.5. The highest BCUT2D eigenvalue weighted by Gasteiger charge is 2.10. The third kappa shape index (κ3) is 3.12. The highest BCUT2D eigenvalue weighted by atomic mass is 16.2. The quantitative estimate of drug-likeness (QED) is 0.559. The van der Waals surface area contributed by atoms with Crippen molar-refractivity contribution in [3.05, 3.63) is 78.0 Å². The highest BCUT2D eigenvalue weighted by molar-refractivity contribution is 6.06. The summed E-state index contributed by atoms with van der Waals surface area (Å²) < 4.78 is 0. The van der Waals surface area contributed by atoms with E-state index in [2.05, 4.69) is 15.5 Å². The molecule has 3 rings (SSSR count). The Labute approximate surface area is 128 Å². The number of rotatable bonds is 4. The van der Waals surface area contributed by atoms with Crippen LogP contribution in [0.25, 0.3) is 17.0 Å². The lowest BCUT2D eigenvalue weighted by molar-refractivity contribution is 0.0957. The number of hydrogen-bond acceptors (Lipinski definition) is 2. The summed E-state index contributed by atoms with van der Waals surface area (Å²) >= 11 is 0. The van der Waals surface area contributed by atoms with Gasteiger partial charge in [0.05, 0.1) is 5.56 Å². The third-order valence-electron chi connectivity index (χ3n) is 3.25. The number of hydrogen-bond donors (Lipinski definition) is 2. The molecular formula is C18H15N3O. The van der Waals surface area contributed by atoms with Crippen LogP contribution < -0.4 is 5.43 Å². The van der Waals surface area contributed by atoms with Gasteiger partial charge in [-0.25, -0.2) is 5.43 Å². The van der Waals surface area contributed by atoms with Crippen LogP contribution in [0.15, 0.2) is 72.0 Å². The zero-order valence-electron chi connectivity index (χ0n) is 11.9. The number of para-hydroxylation sites is 1. The van der Waals surface area contributed by atoms with Gasteiger partial charge in [0, 0.05) is 23.3 Å². The van der Waals surface area contributed by atoms with Gasteiger partial charge in [0.15, 0.2) is 0 Å². The van der Waals surface area contributed by atoms with Gasteiger partial charge in [0.1, 0.15) is 0 Å². The minimum absolute atomic E-state index is 0.234. The van der Waals surface area contributed by atoms with Gasteiger partial charge in [-0.3, -0.25) is 4.79 Å². The number of aromatic amines is 1. The summed E-state index contributed by atoms with van der Waals surface area (Å²) in [5.41, 5.74) is 5.12. The Morgan fingerprint density at radius 2 is 1.82 bits per heavy atom. The highest BCUT2D eigenvalue weighted by Crippen LogP contribution is 2.17. The maximum absolute atomic E-state index is 12.1. The number of nitrogens with zero attached hydrogens (tertiary/aromatic N) is 1. The molecule has 108 valence electrons. The number of allylic oxidation sites excluding steroid dienone is 1. The van der Waals surface area contributed by atoms with E-state index in [1.807, 2.05) is 60.7 Å². The number of fused-ring (bicyclic) bond motifs is 1. The van der Waals surface area contributed by atoms with Crippen LogP contribution in [0.4, 0.5) is 0 Å². The van der Waals surface area contributed by atoms with Crippen LogP contribution in [0, 0.1) is 0 Å². The third-order valence-corrected chi connectivity index (χ3v) is 3.25. The van der Waals surface area contributed by atoms with E-state index >= 15 is 0 Å². The van der Waals surface area contributed by atoms with Crippen LogP contribution in [0.5, 0.6) is 0 Å². The Balaban J connectivity index is 1.63. The van der Waals surface area contributed by atoms with Crippen molar-refractivity contribution in [2.75, 3.05) is 0 Å². The van der Waals surface area contributed by atoms with Crippen LogP contribution in [0.2, 0.25) is 0 Å². The van der Waals surface area contributed by atoms with E-state index in [4.69, 9.17) is 0 Å². The molecule has 0 atom stereocenters. The molecule has 4 nitrogen and oxygen atoms in total. The zero-order chi connectivity index (χ0) is 15.2. The molecule has 2 N–H and O–H groups in total. The first-order valence-corrected chi connectivity index (χ1v) is 6.96. The second-order valence-electron chi connectivity index (χ2n) is 4.74. The van der Waals surface area contributed by atoms with E-state index in [9.17, 15) is 4.79 Å². The molecule has 0 unspecified atom stereocenters. The van der Waals surface area contributed by atoms with Crippen molar-refractivity contribution in [2.45, 2.75) is 0 Å². The Morgan fingerprint density at radius 3 is 2.68 bits per heavy atom. The minimum Gasteiger partial charge on any atom is -0.360 e. The molecule has 22 heavy (non-hydrogen) atoms. The number of aromatic nitrogens is 1. The maximum Gasteiger partial charge on any atom is 0.273 e. The second-order valence-corrected chi connectivity index (χ2v) is 4.74. The van der Waals surface area contributed by atoms with E-state index in [1.54, 1.807) is 18.5 Å². The molecule has 4 heteroatoms. The van der Waals surface area contributed by atoms with Gasteiger partial charge in [-0.05, 0) is 17.7 Å². The summed E-state index contributed by atoms with van der Waals surface area (Å²) in [5, 5.41) is 4.81. The van der Waals surface area contributed by atoms with E-state index in [0.717, 1.165) is 16.5 Å². The second kappa shape index (κ2) is 6.54. The van der Waals surface area contributed by atoms with Gasteiger partial charge < -0.3 is 4.98 Å². The smallest absolute Gasteiger partial charge is 0.273 e. The van der Waals surface area contributed by atoms with Gasteiger partial charge in [-0.15, -0.1) is 0 Å². The molecule has 0 radical (unpaired) electrons. The summed E-state index contributed by atoms with van der Waals surface area (Å²) in [6.45, 7) is 0.